The van der Waals surface area contributed by atoms with Crippen LogP contribution in [0.4, 0.5) is 10.5 Å². The van der Waals surface area contributed by atoms with E-state index >= 15 is 0 Å². The van der Waals surface area contributed by atoms with Crippen molar-refractivity contribution in [1.29, 1.82) is 0 Å². The minimum Gasteiger partial charge on any atom is -0.444 e. The summed E-state index contributed by atoms with van der Waals surface area (Å²) in [6.45, 7) is 7.63. The Labute approximate surface area is 140 Å². The first kappa shape index (κ1) is 16.1. The maximum absolute atomic E-state index is 11.7. The van der Waals surface area contributed by atoms with Gasteiger partial charge < -0.3 is 15.4 Å². The topological polar surface area (TPSA) is 63.2 Å². The van der Waals surface area contributed by atoms with Gasteiger partial charge in [-0.3, -0.25) is 0 Å². The molecule has 1 aliphatic rings. The third kappa shape index (κ3) is 4.13. The number of aryl methyl sites for hydroxylation is 1. The van der Waals surface area contributed by atoms with E-state index in [1.54, 1.807) is 11.3 Å². The number of nitrogens with zero attached hydrogens (tertiary/aromatic N) is 1. The summed E-state index contributed by atoms with van der Waals surface area (Å²) in [5.74, 6) is 0. The van der Waals surface area contributed by atoms with E-state index in [1.165, 1.54) is 4.70 Å². The van der Waals surface area contributed by atoms with Crippen LogP contribution in [-0.2, 0) is 4.74 Å². The van der Waals surface area contributed by atoms with Crippen LogP contribution >= 0.6 is 11.3 Å². The summed E-state index contributed by atoms with van der Waals surface area (Å²) in [6.07, 6.45) is 1.50. The van der Waals surface area contributed by atoms with Gasteiger partial charge in [0, 0.05) is 17.8 Å². The lowest BCUT2D eigenvalue weighted by Crippen LogP contribution is -2.50. The first-order valence-corrected chi connectivity index (χ1v) is 8.73. The molecule has 6 heteroatoms. The van der Waals surface area contributed by atoms with Gasteiger partial charge >= 0.3 is 6.09 Å². The van der Waals surface area contributed by atoms with Gasteiger partial charge in [0.1, 0.15) is 5.60 Å². The molecule has 0 aliphatic heterocycles. The van der Waals surface area contributed by atoms with Crippen molar-refractivity contribution in [3.8, 4) is 0 Å². The van der Waals surface area contributed by atoms with Crippen LogP contribution in [0.1, 0.15) is 38.6 Å². The Balaban J connectivity index is 1.48. The summed E-state index contributed by atoms with van der Waals surface area (Å²) >= 11 is 1.71. The van der Waals surface area contributed by atoms with Gasteiger partial charge in [0.05, 0.1) is 15.2 Å². The summed E-state index contributed by atoms with van der Waals surface area (Å²) in [5, 5.41) is 7.52. The predicted molar refractivity (Wildman–Crippen MR) is 94.2 cm³/mol. The second-order valence-electron chi connectivity index (χ2n) is 7.07. The van der Waals surface area contributed by atoms with E-state index in [1.807, 2.05) is 27.7 Å². The van der Waals surface area contributed by atoms with E-state index in [2.05, 4.69) is 33.8 Å². The average Bonchev–Trinajstić information content (AvgIpc) is 2.73. The largest absolute Gasteiger partial charge is 0.444 e. The van der Waals surface area contributed by atoms with Crippen molar-refractivity contribution in [3.63, 3.8) is 0 Å². The van der Waals surface area contributed by atoms with Crippen molar-refractivity contribution in [1.82, 2.24) is 10.3 Å². The quantitative estimate of drug-likeness (QED) is 0.888. The Hall–Kier alpha value is -1.82. The zero-order chi connectivity index (χ0) is 16.6. The molecule has 23 heavy (non-hydrogen) atoms. The van der Waals surface area contributed by atoms with Gasteiger partial charge in [0.2, 0.25) is 0 Å². The molecule has 0 saturated heterocycles. The van der Waals surface area contributed by atoms with Crippen LogP contribution in [0.25, 0.3) is 10.2 Å². The first-order valence-electron chi connectivity index (χ1n) is 7.92. The third-order valence-corrected chi connectivity index (χ3v) is 4.66. The van der Waals surface area contributed by atoms with E-state index in [-0.39, 0.29) is 12.1 Å². The highest BCUT2D eigenvalue weighted by molar-refractivity contribution is 7.18. The van der Waals surface area contributed by atoms with Crippen LogP contribution in [0.3, 0.4) is 0 Å². The molecule has 1 aliphatic carbocycles. The van der Waals surface area contributed by atoms with Crippen LogP contribution in [-0.4, -0.2) is 28.8 Å². The summed E-state index contributed by atoms with van der Waals surface area (Å²) in [6, 6.07) is 6.85. The zero-order valence-corrected chi connectivity index (χ0v) is 14.8. The molecule has 1 heterocycles. The number of carbonyl (C=O) groups excluding carboxylic acids is 1. The number of aromatic nitrogens is 1. The van der Waals surface area contributed by atoms with Gasteiger partial charge in [-0.15, -0.1) is 11.3 Å². The summed E-state index contributed by atoms with van der Waals surface area (Å²) in [5.41, 5.74) is 1.71. The second kappa shape index (κ2) is 6.00. The molecule has 124 valence electrons. The molecule has 0 spiro atoms. The van der Waals surface area contributed by atoms with Crippen molar-refractivity contribution < 1.29 is 9.53 Å². The minimum absolute atomic E-state index is 0.191. The number of fused-ring (bicyclic) bond motifs is 1. The predicted octanol–water partition coefficient (Wildman–Crippen LogP) is 4.07. The fourth-order valence-corrected chi connectivity index (χ4v) is 3.56. The molecular formula is C17H23N3O2S. The zero-order valence-electron chi connectivity index (χ0n) is 14.0. The van der Waals surface area contributed by atoms with Gasteiger partial charge in [-0.05, 0) is 58.7 Å². The highest BCUT2D eigenvalue weighted by atomic mass is 32.1. The van der Waals surface area contributed by atoms with E-state index in [9.17, 15) is 4.79 Å². The van der Waals surface area contributed by atoms with Crippen molar-refractivity contribution in [2.45, 2.75) is 58.2 Å². The Bertz CT molecular complexity index is 714. The maximum Gasteiger partial charge on any atom is 0.407 e. The minimum atomic E-state index is -0.451. The van der Waals surface area contributed by atoms with E-state index in [4.69, 9.17) is 4.74 Å². The Morgan fingerprint density at radius 3 is 2.74 bits per heavy atom. The molecule has 1 amide bonds. The molecule has 0 unspecified atom stereocenters. The monoisotopic (exact) mass is 333 g/mol. The lowest BCUT2D eigenvalue weighted by molar-refractivity contribution is 0.0475. The van der Waals surface area contributed by atoms with Crippen LogP contribution in [0.2, 0.25) is 0 Å². The van der Waals surface area contributed by atoms with Crippen molar-refractivity contribution in [2.24, 2.45) is 0 Å². The fraction of sp³-hybridized carbons (Fsp3) is 0.529. The third-order valence-electron chi connectivity index (χ3n) is 3.73. The lowest BCUT2D eigenvalue weighted by atomic mass is 9.86. The smallest absolute Gasteiger partial charge is 0.407 e. The molecule has 2 N–H and O–H groups in total. The summed E-state index contributed by atoms with van der Waals surface area (Å²) < 4.78 is 6.48. The number of thiazole rings is 1. The molecular weight excluding hydrogens is 310 g/mol. The second-order valence-corrected chi connectivity index (χ2v) is 8.31. The number of hydrogen-bond acceptors (Lipinski definition) is 5. The molecule has 0 bridgehead atoms. The number of carbonyl (C=O) groups is 1. The molecule has 1 aromatic carbocycles. The summed E-state index contributed by atoms with van der Waals surface area (Å²) in [4.78, 5) is 16.2. The average molecular weight is 333 g/mol. The molecule has 1 saturated carbocycles. The van der Waals surface area contributed by atoms with Gasteiger partial charge in [0.25, 0.3) is 0 Å². The van der Waals surface area contributed by atoms with Gasteiger partial charge in [-0.2, -0.15) is 0 Å². The standard InChI is InChI=1S/C17H23N3O2S/c1-10-18-14-6-5-11(9-15(14)23-10)19-12-7-13(8-12)20-16(21)22-17(2,3)4/h5-6,9,12-13,19H,7-8H2,1-4H3,(H,20,21). The number of anilines is 1. The molecule has 3 rings (SSSR count). The van der Waals surface area contributed by atoms with Crippen molar-refractivity contribution >= 4 is 33.3 Å². The van der Waals surface area contributed by atoms with E-state index in [0.29, 0.717) is 6.04 Å². The molecule has 2 aromatic rings. The highest BCUT2D eigenvalue weighted by Gasteiger charge is 2.31. The maximum atomic E-state index is 11.7. The molecule has 1 aromatic heterocycles. The van der Waals surface area contributed by atoms with Crippen molar-refractivity contribution in [3.05, 3.63) is 23.2 Å². The first-order chi connectivity index (χ1) is 10.8. The van der Waals surface area contributed by atoms with Gasteiger partial charge in [-0.25, -0.2) is 9.78 Å². The molecule has 1 fully saturated rings. The molecule has 0 atom stereocenters. The normalized spacial score (nSPS) is 20.9. The summed E-state index contributed by atoms with van der Waals surface area (Å²) in [7, 11) is 0. The molecule has 5 nitrogen and oxygen atoms in total. The van der Waals surface area contributed by atoms with Gasteiger partial charge in [-0.1, -0.05) is 0 Å². The van der Waals surface area contributed by atoms with Crippen LogP contribution in [0, 0.1) is 6.92 Å². The highest BCUT2D eigenvalue weighted by Crippen LogP contribution is 2.28. The number of hydrogen-bond donors (Lipinski definition) is 2. The number of benzene rings is 1. The number of amides is 1. The van der Waals surface area contributed by atoms with Crippen LogP contribution in [0.15, 0.2) is 18.2 Å². The Kier molecular flexibility index (Phi) is 4.19. The number of alkyl carbamates (subject to hydrolysis) is 1. The lowest BCUT2D eigenvalue weighted by Gasteiger charge is -2.37. The fourth-order valence-electron chi connectivity index (χ4n) is 2.69. The molecule has 0 radical (unpaired) electrons. The SMILES string of the molecule is Cc1nc2ccc(NC3CC(NC(=O)OC(C)(C)C)C3)cc2s1. The van der Waals surface area contributed by atoms with E-state index < -0.39 is 5.60 Å². The van der Waals surface area contributed by atoms with E-state index in [0.717, 1.165) is 29.1 Å². The van der Waals surface area contributed by atoms with Crippen molar-refractivity contribution in [2.75, 3.05) is 5.32 Å². The number of rotatable bonds is 3. The Morgan fingerprint density at radius 1 is 1.30 bits per heavy atom. The van der Waals surface area contributed by atoms with Gasteiger partial charge in [0.15, 0.2) is 0 Å². The number of nitrogens with one attached hydrogen (secondary N) is 2. The van der Waals surface area contributed by atoms with Crippen LogP contribution in [0.5, 0.6) is 0 Å². The number of ether oxygens (including phenoxy) is 1. The Morgan fingerprint density at radius 2 is 2.04 bits per heavy atom. The van der Waals surface area contributed by atoms with Crippen LogP contribution < -0.4 is 10.6 Å².